The Hall–Kier alpha value is -3.16. The maximum atomic E-state index is 14.5. The van der Waals surface area contributed by atoms with Crippen molar-refractivity contribution in [3.05, 3.63) is 77.6 Å². The van der Waals surface area contributed by atoms with Gasteiger partial charge in [0.1, 0.15) is 0 Å². The number of alkyl halides is 2. The predicted octanol–water partition coefficient (Wildman–Crippen LogP) is 2.13. The van der Waals surface area contributed by atoms with Gasteiger partial charge in [-0.15, -0.1) is 5.10 Å². The number of rotatable bonds is 6. The van der Waals surface area contributed by atoms with Crippen LogP contribution in [0.25, 0.3) is 0 Å². The number of halogens is 2. The van der Waals surface area contributed by atoms with Gasteiger partial charge >= 0.3 is 5.92 Å². The molecule has 6 nitrogen and oxygen atoms in total. The lowest BCUT2D eigenvalue weighted by atomic mass is 10.2. The number of amides is 1. The lowest BCUT2D eigenvalue weighted by Gasteiger charge is -2.15. The van der Waals surface area contributed by atoms with E-state index in [-0.39, 0.29) is 13.1 Å². The van der Waals surface area contributed by atoms with Crippen LogP contribution >= 0.6 is 0 Å². The molecule has 0 aliphatic heterocycles. The van der Waals surface area contributed by atoms with Crippen molar-refractivity contribution in [1.82, 2.24) is 25.5 Å². The van der Waals surface area contributed by atoms with E-state index < -0.39 is 17.7 Å². The van der Waals surface area contributed by atoms with Crippen molar-refractivity contribution < 1.29 is 13.6 Å². The number of carbonyl (C=O) groups is 1. The molecule has 1 heterocycles. The molecule has 1 amide bonds. The summed E-state index contributed by atoms with van der Waals surface area (Å²) >= 11 is 0. The minimum Gasteiger partial charge on any atom is -0.346 e. The molecule has 3 aromatic rings. The maximum absolute atomic E-state index is 14.5. The standard InChI is InChI=1S/C17H15F2N5O/c18-17(19,16(25)20-11-13-7-3-1-4-8-13)15-21-22-23-24(15)12-14-9-5-2-6-10-14/h1-10H,11-12H2,(H,20,25). The van der Waals surface area contributed by atoms with Gasteiger partial charge in [-0.25, -0.2) is 4.68 Å². The number of carbonyl (C=O) groups excluding carboxylic acids is 1. The van der Waals surface area contributed by atoms with Gasteiger partial charge in [0.25, 0.3) is 5.91 Å². The summed E-state index contributed by atoms with van der Waals surface area (Å²) in [5.74, 6) is -6.07. The number of nitrogens with one attached hydrogen (secondary N) is 1. The largest absolute Gasteiger partial charge is 0.384 e. The van der Waals surface area contributed by atoms with Crippen LogP contribution in [0.3, 0.4) is 0 Å². The summed E-state index contributed by atoms with van der Waals surface area (Å²) in [6.45, 7) is 0.0419. The van der Waals surface area contributed by atoms with Crippen molar-refractivity contribution in [2.45, 2.75) is 19.0 Å². The molecule has 1 N–H and O–H groups in total. The molecule has 1 aromatic heterocycles. The Kier molecular flexibility index (Phi) is 4.78. The molecular weight excluding hydrogens is 328 g/mol. The first-order valence-corrected chi connectivity index (χ1v) is 7.58. The molecule has 2 aromatic carbocycles. The van der Waals surface area contributed by atoms with Gasteiger partial charge in [0.2, 0.25) is 5.82 Å². The zero-order chi connectivity index (χ0) is 17.7. The van der Waals surface area contributed by atoms with Crippen LogP contribution in [0.4, 0.5) is 8.78 Å². The molecular formula is C17H15F2N5O. The highest BCUT2D eigenvalue weighted by Gasteiger charge is 2.46. The molecule has 25 heavy (non-hydrogen) atoms. The first-order chi connectivity index (χ1) is 12.1. The van der Waals surface area contributed by atoms with Crippen molar-refractivity contribution in [3.8, 4) is 0 Å². The third kappa shape index (κ3) is 3.85. The first kappa shape index (κ1) is 16.7. The molecule has 3 rings (SSSR count). The van der Waals surface area contributed by atoms with Gasteiger partial charge in [-0.1, -0.05) is 60.7 Å². The Balaban J connectivity index is 1.73. The molecule has 0 atom stereocenters. The highest BCUT2D eigenvalue weighted by atomic mass is 19.3. The van der Waals surface area contributed by atoms with E-state index in [1.54, 1.807) is 54.6 Å². The molecule has 0 aliphatic carbocycles. The predicted molar refractivity (Wildman–Crippen MR) is 85.5 cm³/mol. The van der Waals surface area contributed by atoms with Crippen molar-refractivity contribution >= 4 is 5.91 Å². The van der Waals surface area contributed by atoms with Gasteiger partial charge in [-0.3, -0.25) is 4.79 Å². The van der Waals surface area contributed by atoms with Crippen LogP contribution in [0.5, 0.6) is 0 Å². The van der Waals surface area contributed by atoms with Gasteiger partial charge in [0.15, 0.2) is 0 Å². The highest BCUT2D eigenvalue weighted by molar-refractivity contribution is 5.83. The Labute approximate surface area is 142 Å². The summed E-state index contributed by atoms with van der Waals surface area (Å²) in [5, 5.41) is 12.4. The summed E-state index contributed by atoms with van der Waals surface area (Å²) in [6, 6.07) is 17.7. The van der Waals surface area contributed by atoms with Crippen LogP contribution in [-0.4, -0.2) is 26.1 Å². The Morgan fingerprint density at radius 3 is 2.24 bits per heavy atom. The third-order valence-electron chi connectivity index (χ3n) is 3.57. The van der Waals surface area contributed by atoms with E-state index in [1.807, 2.05) is 6.07 Å². The number of aromatic nitrogens is 4. The van der Waals surface area contributed by atoms with E-state index in [2.05, 4.69) is 20.8 Å². The first-order valence-electron chi connectivity index (χ1n) is 7.58. The molecule has 0 fully saturated rings. The average molecular weight is 343 g/mol. The summed E-state index contributed by atoms with van der Waals surface area (Å²) in [6.07, 6.45) is 0. The van der Waals surface area contributed by atoms with Gasteiger partial charge in [-0.2, -0.15) is 8.78 Å². The Bertz CT molecular complexity index is 837. The second-order valence-corrected chi connectivity index (χ2v) is 5.39. The lowest BCUT2D eigenvalue weighted by Crippen LogP contribution is -2.39. The van der Waals surface area contributed by atoms with Gasteiger partial charge < -0.3 is 5.32 Å². The van der Waals surface area contributed by atoms with Crippen LogP contribution in [0.15, 0.2) is 60.7 Å². The van der Waals surface area contributed by atoms with Crippen LogP contribution in [0.1, 0.15) is 17.0 Å². The number of hydrogen-bond donors (Lipinski definition) is 1. The highest BCUT2D eigenvalue weighted by Crippen LogP contribution is 2.26. The van der Waals surface area contributed by atoms with Crippen molar-refractivity contribution in [1.29, 1.82) is 0 Å². The normalized spacial score (nSPS) is 11.3. The number of benzene rings is 2. The molecule has 0 saturated heterocycles. The summed E-state index contributed by atoms with van der Waals surface area (Å²) in [4.78, 5) is 12.0. The van der Waals surface area contributed by atoms with E-state index in [1.165, 1.54) is 0 Å². The number of tetrazole rings is 1. The monoisotopic (exact) mass is 343 g/mol. The van der Waals surface area contributed by atoms with E-state index in [4.69, 9.17) is 0 Å². The second kappa shape index (κ2) is 7.16. The van der Waals surface area contributed by atoms with Gasteiger partial charge in [-0.05, 0) is 21.6 Å². The molecule has 8 heteroatoms. The van der Waals surface area contributed by atoms with Crippen molar-refractivity contribution in [2.24, 2.45) is 0 Å². The molecule has 128 valence electrons. The third-order valence-corrected chi connectivity index (χ3v) is 3.57. The van der Waals surface area contributed by atoms with Gasteiger partial charge in [0, 0.05) is 6.54 Å². The summed E-state index contributed by atoms with van der Waals surface area (Å²) in [5.41, 5.74) is 1.46. The average Bonchev–Trinajstić information content (AvgIpc) is 3.10. The molecule has 0 spiro atoms. The van der Waals surface area contributed by atoms with Crippen LogP contribution < -0.4 is 5.32 Å². The quantitative estimate of drug-likeness (QED) is 0.744. The molecule has 0 saturated carbocycles. The molecule has 0 aliphatic rings. The van der Waals surface area contributed by atoms with Gasteiger partial charge in [0.05, 0.1) is 6.54 Å². The number of nitrogens with zero attached hydrogens (tertiary/aromatic N) is 4. The maximum Gasteiger partial charge on any atom is 0.384 e. The van der Waals surface area contributed by atoms with Crippen molar-refractivity contribution in [2.75, 3.05) is 0 Å². The fraction of sp³-hybridized carbons (Fsp3) is 0.176. The Morgan fingerprint density at radius 2 is 1.60 bits per heavy atom. The summed E-state index contributed by atoms with van der Waals surface area (Å²) in [7, 11) is 0. The minimum atomic E-state index is -3.84. The SMILES string of the molecule is O=C(NCc1ccccc1)C(F)(F)c1nnnn1Cc1ccccc1. The van der Waals surface area contributed by atoms with E-state index in [0.717, 1.165) is 15.8 Å². The van der Waals surface area contributed by atoms with E-state index in [9.17, 15) is 13.6 Å². The topological polar surface area (TPSA) is 72.7 Å². The second-order valence-electron chi connectivity index (χ2n) is 5.39. The molecule has 0 radical (unpaired) electrons. The zero-order valence-electron chi connectivity index (χ0n) is 13.1. The zero-order valence-corrected chi connectivity index (χ0v) is 13.1. The summed E-state index contributed by atoms with van der Waals surface area (Å²) < 4.78 is 29.9. The molecule has 0 unspecified atom stereocenters. The minimum absolute atomic E-state index is 0.00445. The fourth-order valence-corrected chi connectivity index (χ4v) is 2.28. The number of hydrogen-bond acceptors (Lipinski definition) is 4. The van der Waals surface area contributed by atoms with E-state index in [0.29, 0.717) is 0 Å². The van der Waals surface area contributed by atoms with Crippen LogP contribution in [0.2, 0.25) is 0 Å². The smallest absolute Gasteiger partial charge is 0.346 e. The van der Waals surface area contributed by atoms with Crippen LogP contribution in [0, 0.1) is 0 Å². The molecule has 0 bridgehead atoms. The van der Waals surface area contributed by atoms with E-state index >= 15 is 0 Å². The lowest BCUT2D eigenvalue weighted by molar-refractivity contribution is -0.148. The fourth-order valence-electron chi connectivity index (χ4n) is 2.28. The van der Waals surface area contributed by atoms with Crippen LogP contribution in [-0.2, 0) is 23.8 Å². The Morgan fingerprint density at radius 1 is 1.00 bits per heavy atom. The van der Waals surface area contributed by atoms with Crippen molar-refractivity contribution in [3.63, 3.8) is 0 Å².